The number of aryl methyl sites for hydroxylation is 1. The summed E-state index contributed by atoms with van der Waals surface area (Å²) in [6.45, 7) is 2.81. The van der Waals surface area contributed by atoms with E-state index in [1.807, 2.05) is 14.0 Å². The van der Waals surface area contributed by atoms with E-state index in [1.54, 1.807) is 12.1 Å². The van der Waals surface area contributed by atoms with Crippen molar-refractivity contribution < 1.29 is 9.90 Å². The molecule has 1 fully saturated rings. The second-order valence-corrected chi connectivity index (χ2v) is 5.55. The van der Waals surface area contributed by atoms with Crippen LogP contribution in [0, 0.1) is 12.8 Å². The molecule has 0 spiro atoms. The van der Waals surface area contributed by atoms with Gasteiger partial charge in [0, 0.05) is 19.3 Å². The Hall–Kier alpha value is -1.58. The van der Waals surface area contributed by atoms with Crippen molar-refractivity contribution in [2.45, 2.75) is 39.0 Å². The fraction of sp³-hybridized carbons (Fsp3) is 0.600. The van der Waals surface area contributed by atoms with E-state index in [1.165, 1.54) is 32.1 Å². The first-order valence-electron chi connectivity index (χ1n) is 6.99. The van der Waals surface area contributed by atoms with Crippen molar-refractivity contribution in [2.75, 3.05) is 18.5 Å². The molecule has 1 N–H and O–H groups in total. The summed E-state index contributed by atoms with van der Waals surface area (Å²) in [5, 5.41) is 9.09. The van der Waals surface area contributed by atoms with E-state index in [0.29, 0.717) is 11.5 Å². The van der Waals surface area contributed by atoms with Crippen LogP contribution in [0.2, 0.25) is 0 Å². The molecule has 1 aromatic rings. The molecular weight excluding hydrogens is 240 g/mol. The smallest absolute Gasteiger partial charge is 0.335 e. The van der Waals surface area contributed by atoms with Crippen LogP contribution in [0.3, 0.4) is 0 Å². The lowest BCUT2D eigenvalue weighted by Crippen LogP contribution is -2.27. The van der Waals surface area contributed by atoms with E-state index in [4.69, 9.17) is 5.11 Å². The summed E-state index contributed by atoms with van der Waals surface area (Å²) in [7, 11) is 2.00. The van der Waals surface area contributed by atoms with Crippen LogP contribution in [0.15, 0.2) is 12.1 Å². The van der Waals surface area contributed by atoms with Crippen molar-refractivity contribution in [3.05, 3.63) is 23.4 Å². The summed E-state index contributed by atoms with van der Waals surface area (Å²) in [6.07, 6.45) is 6.55. The molecule has 0 unspecified atom stereocenters. The molecule has 0 aromatic carbocycles. The molecule has 2 rings (SSSR count). The molecule has 1 aliphatic rings. The zero-order chi connectivity index (χ0) is 13.8. The summed E-state index contributed by atoms with van der Waals surface area (Å²) >= 11 is 0. The van der Waals surface area contributed by atoms with Crippen molar-refractivity contribution in [1.82, 2.24) is 4.98 Å². The molecule has 0 saturated heterocycles. The highest BCUT2D eigenvalue weighted by molar-refractivity contribution is 5.88. The Morgan fingerprint density at radius 2 is 2.05 bits per heavy atom. The van der Waals surface area contributed by atoms with Gasteiger partial charge in [-0.25, -0.2) is 9.78 Å². The van der Waals surface area contributed by atoms with Crippen LogP contribution >= 0.6 is 0 Å². The summed E-state index contributed by atoms with van der Waals surface area (Å²) in [5.41, 5.74) is 1.07. The number of hydrogen-bond donors (Lipinski definition) is 1. The maximum atomic E-state index is 11.1. The predicted molar refractivity (Wildman–Crippen MR) is 75.8 cm³/mol. The quantitative estimate of drug-likeness (QED) is 0.906. The third-order valence-electron chi connectivity index (χ3n) is 3.83. The summed E-state index contributed by atoms with van der Waals surface area (Å²) in [5.74, 6) is 0.593. The molecule has 0 bridgehead atoms. The predicted octanol–water partition coefficient (Wildman–Crippen LogP) is 3.10. The minimum atomic E-state index is -0.891. The van der Waals surface area contributed by atoms with E-state index >= 15 is 0 Å². The number of aromatic carboxylic acids is 1. The normalized spacial score (nSPS) is 16.3. The fourth-order valence-corrected chi connectivity index (χ4v) is 2.82. The zero-order valence-corrected chi connectivity index (χ0v) is 11.7. The lowest BCUT2D eigenvalue weighted by atomic mass is 9.89. The Kier molecular flexibility index (Phi) is 4.40. The highest BCUT2D eigenvalue weighted by Crippen LogP contribution is 2.25. The van der Waals surface area contributed by atoms with Crippen LogP contribution in [0.25, 0.3) is 0 Å². The minimum absolute atomic E-state index is 0.318. The van der Waals surface area contributed by atoms with Gasteiger partial charge in [-0.05, 0) is 37.8 Å². The number of hydrogen-bond acceptors (Lipinski definition) is 3. The summed E-state index contributed by atoms with van der Waals surface area (Å²) < 4.78 is 0. The molecule has 1 aromatic heterocycles. The Balaban J connectivity index is 2.09. The van der Waals surface area contributed by atoms with Gasteiger partial charge in [-0.2, -0.15) is 0 Å². The van der Waals surface area contributed by atoms with Crippen LogP contribution in [0.5, 0.6) is 0 Å². The maximum absolute atomic E-state index is 11.1. The van der Waals surface area contributed by atoms with Crippen molar-refractivity contribution in [1.29, 1.82) is 0 Å². The van der Waals surface area contributed by atoms with Gasteiger partial charge in [-0.15, -0.1) is 0 Å². The van der Waals surface area contributed by atoms with Gasteiger partial charge in [0.1, 0.15) is 5.82 Å². The number of rotatable bonds is 4. The highest BCUT2D eigenvalue weighted by Gasteiger charge is 2.17. The molecule has 0 aliphatic heterocycles. The molecule has 4 nitrogen and oxygen atoms in total. The van der Waals surface area contributed by atoms with Crippen molar-refractivity contribution in [2.24, 2.45) is 5.92 Å². The number of carboxylic acid groups (broad SMARTS) is 1. The van der Waals surface area contributed by atoms with Gasteiger partial charge in [0.15, 0.2) is 0 Å². The summed E-state index contributed by atoms with van der Waals surface area (Å²) in [4.78, 5) is 17.6. The molecule has 1 aliphatic carbocycles. The van der Waals surface area contributed by atoms with E-state index in [9.17, 15) is 4.79 Å². The number of aromatic nitrogens is 1. The van der Waals surface area contributed by atoms with Gasteiger partial charge >= 0.3 is 5.97 Å². The van der Waals surface area contributed by atoms with E-state index in [2.05, 4.69) is 9.88 Å². The van der Waals surface area contributed by atoms with E-state index < -0.39 is 5.97 Å². The first kappa shape index (κ1) is 13.8. The lowest BCUT2D eigenvalue weighted by molar-refractivity contribution is 0.0696. The second-order valence-electron chi connectivity index (χ2n) is 5.55. The third kappa shape index (κ3) is 3.69. The summed E-state index contributed by atoms with van der Waals surface area (Å²) in [6, 6.07) is 3.28. The average Bonchev–Trinajstić information content (AvgIpc) is 2.39. The van der Waals surface area contributed by atoms with Crippen molar-refractivity contribution in [3.8, 4) is 0 Å². The molecule has 1 heterocycles. The largest absolute Gasteiger partial charge is 0.478 e. The van der Waals surface area contributed by atoms with Crippen LogP contribution < -0.4 is 4.90 Å². The lowest BCUT2D eigenvalue weighted by Gasteiger charge is -2.28. The molecule has 19 heavy (non-hydrogen) atoms. The Bertz CT molecular complexity index is 453. The van der Waals surface area contributed by atoms with E-state index in [0.717, 1.165) is 18.1 Å². The number of anilines is 1. The molecular formula is C15H22N2O2. The monoisotopic (exact) mass is 262 g/mol. The highest BCUT2D eigenvalue weighted by atomic mass is 16.4. The van der Waals surface area contributed by atoms with Crippen molar-refractivity contribution in [3.63, 3.8) is 0 Å². The number of carboxylic acids is 1. The Morgan fingerprint density at radius 3 is 2.68 bits per heavy atom. The van der Waals surface area contributed by atoms with Crippen LogP contribution in [-0.4, -0.2) is 29.7 Å². The molecule has 0 radical (unpaired) electrons. The SMILES string of the molecule is Cc1cc(C(=O)O)cc(N(C)CC2CCCCC2)n1. The Morgan fingerprint density at radius 1 is 1.37 bits per heavy atom. The fourth-order valence-electron chi connectivity index (χ4n) is 2.82. The molecule has 0 amide bonds. The van der Waals surface area contributed by atoms with Gasteiger partial charge in [-0.3, -0.25) is 0 Å². The average molecular weight is 262 g/mol. The minimum Gasteiger partial charge on any atom is -0.478 e. The van der Waals surface area contributed by atoms with Crippen LogP contribution in [0.1, 0.15) is 48.2 Å². The first-order valence-corrected chi connectivity index (χ1v) is 6.99. The van der Waals surface area contributed by atoms with E-state index in [-0.39, 0.29) is 0 Å². The standard InChI is InChI=1S/C15H22N2O2/c1-11-8-13(15(18)19)9-14(16-11)17(2)10-12-6-4-3-5-7-12/h8-9,12H,3-7,10H2,1-2H3,(H,18,19). The van der Waals surface area contributed by atoms with Crippen molar-refractivity contribution >= 4 is 11.8 Å². The Labute approximate surface area is 114 Å². The number of nitrogens with zero attached hydrogens (tertiary/aromatic N) is 2. The molecule has 1 saturated carbocycles. The van der Waals surface area contributed by atoms with Crippen LogP contribution in [0.4, 0.5) is 5.82 Å². The van der Waals surface area contributed by atoms with Crippen LogP contribution in [-0.2, 0) is 0 Å². The number of carbonyl (C=O) groups is 1. The van der Waals surface area contributed by atoms with Gasteiger partial charge in [0.05, 0.1) is 5.56 Å². The first-order chi connectivity index (χ1) is 9.06. The van der Waals surface area contributed by atoms with Gasteiger partial charge in [0.25, 0.3) is 0 Å². The zero-order valence-electron chi connectivity index (χ0n) is 11.7. The topological polar surface area (TPSA) is 53.4 Å². The third-order valence-corrected chi connectivity index (χ3v) is 3.83. The molecule has 0 atom stereocenters. The van der Waals surface area contributed by atoms with Gasteiger partial charge in [-0.1, -0.05) is 19.3 Å². The second kappa shape index (κ2) is 6.04. The molecule has 104 valence electrons. The molecule has 4 heteroatoms. The van der Waals surface area contributed by atoms with Gasteiger partial charge in [0.2, 0.25) is 0 Å². The number of pyridine rings is 1. The van der Waals surface area contributed by atoms with Gasteiger partial charge < -0.3 is 10.0 Å². The maximum Gasteiger partial charge on any atom is 0.335 e.